The molecule has 234 valence electrons. The number of hydrogen-bond acceptors (Lipinski definition) is 9. The molecule has 0 aromatic heterocycles. The van der Waals surface area contributed by atoms with Crippen LogP contribution >= 0.6 is 0 Å². The molecule has 1 heterocycles. The maximum absolute atomic E-state index is 12.0. The van der Waals surface area contributed by atoms with Gasteiger partial charge in [-0.2, -0.15) is 0 Å². The number of aliphatic hydroxyl groups excluding tert-OH is 4. The number of hydrogen-bond donors (Lipinski definition) is 4. The van der Waals surface area contributed by atoms with Crippen LogP contribution < -0.4 is 0 Å². The van der Waals surface area contributed by atoms with Gasteiger partial charge >= 0.3 is 5.97 Å². The molecule has 1 rings (SSSR count). The third-order valence-corrected chi connectivity index (χ3v) is 6.84. The molecule has 0 radical (unpaired) electrons. The molecule has 6 unspecified atom stereocenters. The summed E-state index contributed by atoms with van der Waals surface area (Å²) >= 11 is 0. The summed E-state index contributed by atoms with van der Waals surface area (Å²) < 4.78 is 22.1. The smallest absolute Gasteiger partial charge is 0.306 e. The SMILES string of the molecule is CCCCC/C=C\C/C=C\CCCCCCCCOCC(COC1OC(CO)C(O)C(O)C1O)OC(=O)CCC. The lowest BCUT2D eigenvalue weighted by molar-refractivity contribution is -0.305. The van der Waals surface area contributed by atoms with E-state index in [1.54, 1.807) is 0 Å². The molecule has 0 saturated carbocycles. The first-order valence-electron chi connectivity index (χ1n) is 15.4. The summed E-state index contributed by atoms with van der Waals surface area (Å²) in [5.74, 6) is -0.373. The van der Waals surface area contributed by atoms with Crippen LogP contribution in [-0.4, -0.2) is 89.6 Å². The monoisotopic (exact) mass is 572 g/mol. The highest BCUT2D eigenvalue weighted by molar-refractivity contribution is 5.69. The van der Waals surface area contributed by atoms with E-state index in [1.807, 2.05) is 6.92 Å². The maximum Gasteiger partial charge on any atom is 0.306 e. The van der Waals surface area contributed by atoms with E-state index in [0.29, 0.717) is 13.0 Å². The van der Waals surface area contributed by atoms with Gasteiger partial charge in [-0.25, -0.2) is 0 Å². The number of esters is 1. The fourth-order valence-corrected chi connectivity index (χ4v) is 4.38. The van der Waals surface area contributed by atoms with Gasteiger partial charge in [-0.3, -0.25) is 4.79 Å². The Kier molecular flexibility index (Phi) is 22.3. The first-order chi connectivity index (χ1) is 19.4. The maximum atomic E-state index is 12.0. The van der Waals surface area contributed by atoms with Crippen LogP contribution in [0.15, 0.2) is 24.3 Å². The topological polar surface area (TPSA) is 135 Å². The van der Waals surface area contributed by atoms with Crippen molar-refractivity contribution in [2.75, 3.05) is 26.4 Å². The number of aliphatic hydroxyl groups is 4. The minimum Gasteiger partial charge on any atom is -0.457 e. The highest BCUT2D eigenvalue weighted by Gasteiger charge is 2.44. The Morgan fingerprint density at radius 1 is 0.800 bits per heavy atom. The molecule has 9 heteroatoms. The Bertz CT molecular complexity index is 667. The second-order valence-electron chi connectivity index (χ2n) is 10.6. The van der Waals surface area contributed by atoms with Crippen molar-refractivity contribution in [3.8, 4) is 0 Å². The fraction of sp³-hybridized carbons (Fsp3) is 0.839. The summed E-state index contributed by atoms with van der Waals surface area (Å²) in [5, 5.41) is 39.3. The van der Waals surface area contributed by atoms with Gasteiger partial charge < -0.3 is 39.4 Å². The minimum absolute atomic E-state index is 0.123. The molecule has 0 spiro atoms. The van der Waals surface area contributed by atoms with Crippen molar-refractivity contribution in [3.05, 3.63) is 24.3 Å². The van der Waals surface area contributed by atoms with Gasteiger partial charge in [-0.05, 0) is 44.9 Å². The molecular weight excluding hydrogens is 516 g/mol. The predicted molar refractivity (Wildman–Crippen MR) is 155 cm³/mol. The Morgan fingerprint density at radius 2 is 1.45 bits per heavy atom. The minimum atomic E-state index is -1.53. The van der Waals surface area contributed by atoms with Gasteiger partial charge in [0.05, 0.1) is 19.8 Å². The lowest BCUT2D eigenvalue weighted by Gasteiger charge is -2.39. The zero-order chi connectivity index (χ0) is 29.4. The molecule has 1 saturated heterocycles. The molecule has 1 fully saturated rings. The van der Waals surface area contributed by atoms with Crippen molar-refractivity contribution in [1.29, 1.82) is 0 Å². The molecule has 0 aromatic rings. The summed E-state index contributed by atoms with van der Waals surface area (Å²) in [4.78, 5) is 12.0. The van der Waals surface area contributed by atoms with Crippen LogP contribution in [0.3, 0.4) is 0 Å². The molecule has 9 nitrogen and oxygen atoms in total. The molecule has 0 aromatic carbocycles. The number of ether oxygens (including phenoxy) is 4. The molecule has 0 bridgehead atoms. The zero-order valence-electron chi connectivity index (χ0n) is 24.8. The number of rotatable bonds is 24. The first-order valence-corrected chi connectivity index (χ1v) is 15.4. The van der Waals surface area contributed by atoms with E-state index in [4.69, 9.17) is 18.9 Å². The Balaban J connectivity index is 2.19. The van der Waals surface area contributed by atoms with Gasteiger partial charge in [0.25, 0.3) is 0 Å². The van der Waals surface area contributed by atoms with Crippen LogP contribution in [0.5, 0.6) is 0 Å². The van der Waals surface area contributed by atoms with Crippen LogP contribution in [0, 0.1) is 0 Å². The summed E-state index contributed by atoms with van der Waals surface area (Å²) in [6, 6.07) is 0. The van der Waals surface area contributed by atoms with E-state index in [9.17, 15) is 25.2 Å². The largest absolute Gasteiger partial charge is 0.457 e. The molecule has 6 atom stereocenters. The fourth-order valence-electron chi connectivity index (χ4n) is 4.38. The summed E-state index contributed by atoms with van der Waals surface area (Å²) in [6.45, 7) is 4.11. The molecule has 40 heavy (non-hydrogen) atoms. The molecule has 1 aliphatic rings. The van der Waals surface area contributed by atoms with E-state index in [1.165, 1.54) is 44.9 Å². The Labute approximate surface area is 241 Å². The van der Waals surface area contributed by atoms with E-state index >= 15 is 0 Å². The quantitative estimate of drug-likeness (QED) is 0.0756. The average molecular weight is 573 g/mol. The Hall–Kier alpha value is -1.33. The average Bonchev–Trinajstić information content (AvgIpc) is 2.94. The van der Waals surface area contributed by atoms with Gasteiger partial charge in [-0.15, -0.1) is 0 Å². The van der Waals surface area contributed by atoms with Crippen LogP contribution in [0.4, 0.5) is 0 Å². The van der Waals surface area contributed by atoms with Gasteiger partial charge in [0.15, 0.2) is 6.29 Å². The number of unbranched alkanes of at least 4 members (excludes halogenated alkanes) is 9. The normalized spacial score (nSPS) is 24.2. The van der Waals surface area contributed by atoms with E-state index in [-0.39, 0.29) is 25.6 Å². The lowest BCUT2D eigenvalue weighted by atomic mass is 9.99. The number of carbonyl (C=O) groups excluding carboxylic acids is 1. The molecule has 1 aliphatic heterocycles. The number of allylic oxidation sites excluding steroid dienone is 4. The van der Waals surface area contributed by atoms with Crippen molar-refractivity contribution in [1.82, 2.24) is 0 Å². The molecule has 0 aliphatic carbocycles. The summed E-state index contributed by atoms with van der Waals surface area (Å²) in [6.07, 6.45) is 16.5. The van der Waals surface area contributed by atoms with Gasteiger partial charge in [0.1, 0.15) is 30.5 Å². The van der Waals surface area contributed by atoms with Crippen LogP contribution in [0.25, 0.3) is 0 Å². The molecule has 0 amide bonds. The number of carbonyl (C=O) groups is 1. The van der Waals surface area contributed by atoms with E-state index in [0.717, 1.165) is 32.1 Å². The second-order valence-corrected chi connectivity index (χ2v) is 10.6. The predicted octanol–water partition coefficient (Wildman–Crippen LogP) is 4.34. The standard InChI is InChI=1S/C31H56O9/c1-3-5-6-7-8-9-10-11-12-13-14-15-16-17-18-19-21-37-23-25(39-27(33)20-4-2)24-38-31-30(36)29(35)28(34)26(22-32)40-31/h8-9,11-12,25-26,28-32,34-36H,3-7,10,13-24H2,1-2H3/b9-8-,12-11-. The first kappa shape index (κ1) is 36.7. The van der Waals surface area contributed by atoms with Crippen molar-refractivity contribution >= 4 is 5.97 Å². The lowest BCUT2D eigenvalue weighted by Crippen LogP contribution is -2.59. The van der Waals surface area contributed by atoms with Gasteiger partial charge in [0, 0.05) is 13.0 Å². The van der Waals surface area contributed by atoms with Crippen molar-refractivity contribution < 1.29 is 44.2 Å². The highest BCUT2D eigenvalue weighted by Crippen LogP contribution is 2.22. The van der Waals surface area contributed by atoms with Crippen molar-refractivity contribution in [2.24, 2.45) is 0 Å². The van der Waals surface area contributed by atoms with Crippen LogP contribution in [0.1, 0.15) is 104 Å². The summed E-state index contributed by atoms with van der Waals surface area (Å²) in [7, 11) is 0. The summed E-state index contributed by atoms with van der Waals surface area (Å²) in [5.41, 5.74) is 0. The van der Waals surface area contributed by atoms with Gasteiger partial charge in [0.2, 0.25) is 0 Å². The third kappa shape index (κ3) is 16.8. The van der Waals surface area contributed by atoms with Crippen LogP contribution in [0.2, 0.25) is 0 Å². The van der Waals surface area contributed by atoms with Crippen LogP contribution in [-0.2, 0) is 23.7 Å². The van der Waals surface area contributed by atoms with Crippen molar-refractivity contribution in [2.45, 2.75) is 141 Å². The van der Waals surface area contributed by atoms with E-state index < -0.39 is 43.4 Å². The molecular formula is C31H56O9. The van der Waals surface area contributed by atoms with Gasteiger partial charge in [-0.1, -0.05) is 76.7 Å². The second kappa shape index (κ2) is 24.3. The van der Waals surface area contributed by atoms with E-state index in [2.05, 4.69) is 31.2 Å². The third-order valence-electron chi connectivity index (χ3n) is 6.84. The molecule has 4 N–H and O–H groups in total. The van der Waals surface area contributed by atoms with Crippen molar-refractivity contribution in [3.63, 3.8) is 0 Å². The highest BCUT2D eigenvalue weighted by atomic mass is 16.7. The zero-order valence-corrected chi connectivity index (χ0v) is 24.8. The Morgan fingerprint density at radius 3 is 2.10 bits per heavy atom.